The van der Waals surface area contributed by atoms with Gasteiger partial charge in [0.05, 0.1) is 33.7 Å². The molecule has 1 saturated heterocycles. The Morgan fingerprint density at radius 3 is 2.46 bits per heavy atom. The summed E-state index contributed by atoms with van der Waals surface area (Å²) in [5.74, 6) is -0.289. The predicted octanol–water partition coefficient (Wildman–Crippen LogP) is 3.62. The highest BCUT2D eigenvalue weighted by Gasteiger charge is 2.53. The summed E-state index contributed by atoms with van der Waals surface area (Å²) in [5, 5.41) is 28.6. The van der Waals surface area contributed by atoms with E-state index in [0.717, 1.165) is 43.6 Å². The molecule has 8 heteroatoms. The van der Waals surface area contributed by atoms with Gasteiger partial charge in [0.15, 0.2) is 12.0 Å². The minimum absolute atomic E-state index is 0.289. The Morgan fingerprint density at radius 2 is 1.71 bits per heavy atom. The van der Waals surface area contributed by atoms with Crippen LogP contribution in [0.5, 0.6) is 0 Å². The van der Waals surface area contributed by atoms with E-state index in [2.05, 4.69) is 14.5 Å². The van der Waals surface area contributed by atoms with Crippen LogP contribution in [-0.2, 0) is 15.2 Å². The van der Waals surface area contributed by atoms with Crippen molar-refractivity contribution in [1.82, 2.24) is 14.5 Å². The Bertz CT molecular complexity index is 1770. The second-order valence-electron chi connectivity index (χ2n) is 9.94. The third-order valence-electron chi connectivity index (χ3n) is 8.25. The molecule has 3 aliphatic rings. The lowest BCUT2D eigenvalue weighted by Crippen LogP contribution is -2.56. The maximum atomic E-state index is 13.3. The van der Waals surface area contributed by atoms with Crippen molar-refractivity contribution in [1.29, 1.82) is 0 Å². The number of carbonyl (C=O) groups is 1. The zero-order valence-corrected chi connectivity index (χ0v) is 19.1. The van der Waals surface area contributed by atoms with E-state index in [4.69, 9.17) is 9.47 Å². The number of hydrogen-bond acceptors (Lipinski definition) is 5. The maximum Gasteiger partial charge on any atom is 0.254 e. The Morgan fingerprint density at radius 1 is 1.03 bits per heavy atom. The highest BCUT2D eigenvalue weighted by atomic mass is 16.6. The topological polar surface area (TPSA) is 97.9 Å². The maximum absolute atomic E-state index is 13.3. The van der Waals surface area contributed by atoms with Crippen molar-refractivity contribution >= 4 is 49.5 Å². The van der Waals surface area contributed by atoms with Crippen LogP contribution in [0.2, 0.25) is 0 Å². The lowest BCUT2D eigenvalue weighted by Gasteiger charge is -2.46. The molecule has 5 heterocycles. The summed E-state index contributed by atoms with van der Waals surface area (Å²) in [4.78, 5) is 13.3. The number of aliphatic hydroxyl groups excluding tert-OH is 2. The monoisotopic (exact) mass is 469 g/mol. The molecule has 3 aliphatic heterocycles. The number of hydrogen-bond donors (Lipinski definition) is 3. The van der Waals surface area contributed by atoms with Crippen molar-refractivity contribution in [3.63, 3.8) is 0 Å². The molecule has 1 amide bonds. The largest absolute Gasteiger partial charge is 0.390 e. The van der Waals surface area contributed by atoms with Gasteiger partial charge in [-0.2, -0.15) is 0 Å². The van der Waals surface area contributed by atoms with Gasteiger partial charge in [-0.15, -0.1) is 0 Å². The molecule has 8 rings (SSSR count). The number of aliphatic hydroxyl groups is 2. The Balaban J connectivity index is 1.76. The number of nitrogens with zero attached hydrogens (tertiary/aromatic N) is 2. The van der Waals surface area contributed by atoms with Crippen molar-refractivity contribution in [2.45, 2.75) is 43.7 Å². The molecule has 3 aromatic carbocycles. The van der Waals surface area contributed by atoms with Crippen LogP contribution in [0.4, 0.5) is 0 Å². The minimum atomic E-state index is -1.12. The number of ether oxygens (including phenoxy) is 2. The molecule has 1 fully saturated rings. The van der Waals surface area contributed by atoms with Gasteiger partial charge >= 0.3 is 0 Å². The first-order valence-electron chi connectivity index (χ1n) is 11.9. The van der Waals surface area contributed by atoms with E-state index in [1.165, 1.54) is 0 Å². The molecule has 8 nitrogen and oxygen atoms in total. The van der Waals surface area contributed by atoms with Crippen LogP contribution in [0.3, 0.4) is 0 Å². The van der Waals surface area contributed by atoms with Crippen molar-refractivity contribution in [3.8, 4) is 0 Å². The number of benzene rings is 3. The zero-order valence-electron chi connectivity index (χ0n) is 19.1. The van der Waals surface area contributed by atoms with E-state index in [-0.39, 0.29) is 5.91 Å². The molecule has 35 heavy (non-hydrogen) atoms. The van der Waals surface area contributed by atoms with E-state index in [0.29, 0.717) is 17.5 Å². The fraction of sp³-hybridized carbons (Fsp3) is 0.296. The SMILES string of the molecule is COC1C(O)CC2OC1(C)n1c3ccccc3c3c4c(c5c6ccccc6n2c5c31)C(=O)NC4O. The average molecular weight is 469 g/mol. The summed E-state index contributed by atoms with van der Waals surface area (Å²) in [5.41, 5.74) is 3.60. The predicted molar refractivity (Wildman–Crippen MR) is 130 cm³/mol. The first-order valence-corrected chi connectivity index (χ1v) is 11.9. The number of fused-ring (bicyclic) bond motifs is 13. The summed E-state index contributed by atoms with van der Waals surface area (Å²) in [7, 11) is 1.59. The third kappa shape index (κ3) is 2.08. The van der Waals surface area contributed by atoms with Crippen LogP contribution < -0.4 is 5.32 Å². The number of aromatic nitrogens is 2. The van der Waals surface area contributed by atoms with Gasteiger partial charge in [0, 0.05) is 40.6 Å². The molecule has 5 atom stereocenters. The van der Waals surface area contributed by atoms with Crippen LogP contribution >= 0.6 is 0 Å². The molecule has 5 aromatic rings. The summed E-state index contributed by atoms with van der Waals surface area (Å²) < 4.78 is 17.0. The van der Waals surface area contributed by atoms with Gasteiger partial charge < -0.3 is 34.1 Å². The summed E-state index contributed by atoms with van der Waals surface area (Å²) >= 11 is 0. The van der Waals surface area contributed by atoms with Crippen molar-refractivity contribution in [3.05, 3.63) is 59.7 Å². The molecule has 2 aromatic heterocycles. The Hall–Kier alpha value is -3.43. The molecule has 0 saturated carbocycles. The van der Waals surface area contributed by atoms with Gasteiger partial charge in [-0.3, -0.25) is 4.79 Å². The molecule has 0 spiro atoms. The van der Waals surface area contributed by atoms with E-state index >= 15 is 0 Å². The highest BCUT2D eigenvalue weighted by molar-refractivity contribution is 6.31. The molecular formula is C27H23N3O5. The van der Waals surface area contributed by atoms with Crippen molar-refractivity contribution in [2.24, 2.45) is 0 Å². The van der Waals surface area contributed by atoms with Crippen LogP contribution in [0.1, 0.15) is 41.7 Å². The number of methoxy groups -OCH3 is 1. The van der Waals surface area contributed by atoms with E-state index in [9.17, 15) is 15.0 Å². The minimum Gasteiger partial charge on any atom is -0.390 e. The second kappa shape index (κ2) is 6.22. The lowest BCUT2D eigenvalue weighted by atomic mass is 9.95. The fourth-order valence-corrected chi connectivity index (χ4v) is 7.08. The summed E-state index contributed by atoms with van der Waals surface area (Å²) in [6.07, 6.45) is -2.65. The lowest BCUT2D eigenvalue weighted by molar-refractivity contribution is -0.278. The Labute approximate surface area is 199 Å². The number of rotatable bonds is 1. The van der Waals surface area contributed by atoms with Gasteiger partial charge in [0.2, 0.25) is 0 Å². The van der Waals surface area contributed by atoms with Gasteiger partial charge in [-0.25, -0.2) is 0 Å². The molecule has 2 bridgehead atoms. The van der Waals surface area contributed by atoms with E-state index < -0.39 is 30.4 Å². The molecule has 0 radical (unpaired) electrons. The summed E-state index contributed by atoms with van der Waals surface area (Å²) in [6, 6.07) is 15.9. The number of para-hydroxylation sites is 2. The average Bonchev–Trinajstić information content (AvgIpc) is 3.44. The quantitative estimate of drug-likeness (QED) is 0.348. The molecular weight excluding hydrogens is 446 g/mol. The fourth-order valence-electron chi connectivity index (χ4n) is 7.08. The van der Waals surface area contributed by atoms with Crippen LogP contribution in [-0.4, -0.2) is 44.6 Å². The molecule has 3 N–H and O–H groups in total. The first-order chi connectivity index (χ1) is 17.0. The number of carbonyl (C=O) groups excluding carboxylic acids is 1. The van der Waals surface area contributed by atoms with Gasteiger partial charge in [0.1, 0.15) is 12.3 Å². The smallest absolute Gasteiger partial charge is 0.254 e. The van der Waals surface area contributed by atoms with E-state index in [1.54, 1.807) is 7.11 Å². The summed E-state index contributed by atoms with van der Waals surface area (Å²) in [6.45, 7) is 1.95. The van der Waals surface area contributed by atoms with Gasteiger partial charge in [-0.1, -0.05) is 36.4 Å². The zero-order chi connectivity index (χ0) is 23.8. The normalized spacial score (nSPS) is 29.4. The van der Waals surface area contributed by atoms with Crippen molar-refractivity contribution < 1.29 is 24.5 Å². The third-order valence-corrected chi connectivity index (χ3v) is 8.25. The first kappa shape index (κ1) is 19.8. The van der Waals surface area contributed by atoms with Gasteiger partial charge in [0.25, 0.3) is 5.91 Å². The second-order valence-corrected chi connectivity index (χ2v) is 9.94. The van der Waals surface area contributed by atoms with Crippen molar-refractivity contribution in [2.75, 3.05) is 7.11 Å². The van der Waals surface area contributed by atoms with Crippen LogP contribution in [0.25, 0.3) is 43.6 Å². The number of amides is 1. The van der Waals surface area contributed by atoms with Gasteiger partial charge in [-0.05, 0) is 19.1 Å². The van der Waals surface area contributed by atoms with E-state index in [1.807, 2.05) is 55.5 Å². The van der Waals surface area contributed by atoms with Crippen LogP contribution in [0.15, 0.2) is 48.5 Å². The number of nitrogens with one attached hydrogen (secondary N) is 1. The molecule has 176 valence electrons. The molecule has 0 aliphatic carbocycles. The molecule has 5 unspecified atom stereocenters. The standard InChI is InChI=1S/C27H23N3O5/c1-27-24(34-2)16(31)11-17(35-27)29-14-9-5-3-7-12(14)18-20-21(26(33)28-25(20)32)19-13-8-4-6-10-15(13)30(27)23(19)22(18)29/h3-10,16-17,24,26,31,33H,11H2,1-2H3,(H,28,32). The highest BCUT2D eigenvalue weighted by Crippen LogP contribution is 2.54. The van der Waals surface area contributed by atoms with Crippen LogP contribution in [0, 0.1) is 0 Å². The Kier molecular flexibility index (Phi) is 3.52.